The Balaban J connectivity index is 2.02. The summed E-state index contributed by atoms with van der Waals surface area (Å²) < 4.78 is 0. The third-order valence-electron chi connectivity index (χ3n) is 3.01. The van der Waals surface area contributed by atoms with Crippen molar-refractivity contribution in [3.63, 3.8) is 0 Å². The van der Waals surface area contributed by atoms with Gasteiger partial charge in [0.2, 0.25) is 0 Å². The van der Waals surface area contributed by atoms with Crippen LogP contribution in [0.25, 0.3) is 0 Å². The first kappa shape index (κ1) is 13.9. The minimum absolute atomic E-state index is 0.0845. The van der Waals surface area contributed by atoms with E-state index in [4.69, 9.17) is 0 Å². The summed E-state index contributed by atoms with van der Waals surface area (Å²) in [5, 5.41) is 23.2. The molecule has 5 heteroatoms. The Hall–Kier alpha value is -2.56. The SMILES string of the molecule is Cc1ccc([N+](=O)[O-])c(NCCc2ccc(O)cc2)c1. The maximum absolute atomic E-state index is 10.9. The van der Waals surface area contributed by atoms with Crippen molar-refractivity contribution < 1.29 is 10.0 Å². The van der Waals surface area contributed by atoms with Crippen molar-refractivity contribution in [3.8, 4) is 5.75 Å². The summed E-state index contributed by atoms with van der Waals surface area (Å²) in [5.74, 6) is 0.232. The number of nitrogens with one attached hydrogen (secondary N) is 1. The van der Waals surface area contributed by atoms with Crippen LogP contribution in [-0.2, 0) is 6.42 Å². The Morgan fingerprint density at radius 2 is 1.90 bits per heavy atom. The molecular weight excluding hydrogens is 256 g/mol. The zero-order chi connectivity index (χ0) is 14.5. The second-order valence-corrected chi connectivity index (χ2v) is 4.62. The number of aryl methyl sites for hydroxylation is 1. The lowest BCUT2D eigenvalue weighted by Gasteiger charge is -2.08. The molecule has 0 spiro atoms. The Morgan fingerprint density at radius 3 is 2.55 bits per heavy atom. The van der Waals surface area contributed by atoms with Gasteiger partial charge in [0, 0.05) is 12.6 Å². The van der Waals surface area contributed by atoms with Gasteiger partial charge in [0.1, 0.15) is 11.4 Å². The van der Waals surface area contributed by atoms with E-state index >= 15 is 0 Å². The molecule has 2 N–H and O–H groups in total. The molecule has 0 aromatic heterocycles. The van der Waals surface area contributed by atoms with E-state index in [1.807, 2.05) is 19.1 Å². The van der Waals surface area contributed by atoms with Gasteiger partial charge in [-0.3, -0.25) is 10.1 Å². The summed E-state index contributed by atoms with van der Waals surface area (Å²) in [4.78, 5) is 10.6. The number of nitro benzene ring substituents is 1. The maximum atomic E-state index is 10.9. The van der Waals surface area contributed by atoms with Crippen molar-refractivity contribution in [3.05, 3.63) is 63.7 Å². The minimum Gasteiger partial charge on any atom is -0.508 e. The lowest BCUT2D eigenvalue weighted by atomic mass is 10.1. The highest BCUT2D eigenvalue weighted by molar-refractivity contribution is 5.62. The topological polar surface area (TPSA) is 75.4 Å². The fourth-order valence-corrected chi connectivity index (χ4v) is 1.95. The highest BCUT2D eigenvalue weighted by Gasteiger charge is 2.12. The van der Waals surface area contributed by atoms with E-state index in [1.54, 1.807) is 24.3 Å². The predicted molar refractivity (Wildman–Crippen MR) is 78.1 cm³/mol. The molecule has 2 aromatic carbocycles. The Bertz CT molecular complexity index is 609. The average Bonchev–Trinajstić information content (AvgIpc) is 2.41. The van der Waals surface area contributed by atoms with Gasteiger partial charge in [0.05, 0.1) is 4.92 Å². The lowest BCUT2D eigenvalue weighted by molar-refractivity contribution is -0.384. The van der Waals surface area contributed by atoms with E-state index in [9.17, 15) is 15.2 Å². The molecule has 0 bridgehead atoms. The monoisotopic (exact) mass is 272 g/mol. The molecule has 0 aliphatic rings. The van der Waals surface area contributed by atoms with Gasteiger partial charge in [-0.1, -0.05) is 18.2 Å². The van der Waals surface area contributed by atoms with E-state index < -0.39 is 0 Å². The Labute approximate surface area is 117 Å². The molecule has 0 saturated carbocycles. The Kier molecular flexibility index (Phi) is 4.20. The number of hydrogen-bond acceptors (Lipinski definition) is 4. The van der Waals surface area contributed by atoms with E-state index in [0.29, 0.717) is 12.2 Å². The van der Waals surface area contributed by atoms with Crippen LogP contribution in [0.3, 0.4) is 0 Å². The van der Waals surface area contributed by atoms with Crippen LogP contribution in [0.2, 0.25) is 0 Å². The van der Waals surface area contributed by atoms with E-state index in [2.05, 4.69) is 5.32 Å². The highest BCUT2D eigenvalue weighted by Crippen LogP contribution is 2.25. The molecule has 0 aliphatic heterocycles. The molecule has 0 fully saturated rings. The van der Waals surface area contributed by atoms with Crippen LogP contribution in [-0.4, -0.2) is 16.6 Å². The van der Waals surface area contributed by atoms with Gasteiger partial charge in [0.15, 0.2) is 0 Å². The van der Waals surface area contributed by atoms with Gasteiger partial charge >= 0.3 is 0 Å². The van der Waals surface area contributed by atoms with Crippen LogP contribution in [0.4, 0.5) is 11.4 Å². The molecule has 0 atom stereocenters. The highest BCUT2D eigenvalue weighted by atomic mass is 16.6. The number of benzene rings is 2. The molecule has 2 aromatic rings. The average molecular weight is 272 g/mol. The summed E-state index contributed by atoms with van der Waals surface area (Å²) in [6.07, 6.45) is 0.728. The molecule has 0 saturated heterocycles. The summed E-state index contributed by atoms with van der Waals surface area (Å²) in [5.41, 5.74) is 2.66. The summed E-state index contributed by atoms with van der Waals surface area (Å²) >= 11 is 0. The van der Waals surface area contributed by atoms with Crippen molar-refractivity contribution in [1.82, 2.24) is 0 Å². The zero-order valence-corrected chi connectivity index (χ0v) is 11.2. The van der Waals surface area contributed by atoms with E-state index in [-0.39, 0.29) is 16.4 Å². The molecule has 0 heterocycles. The fraction of sp³-hybridized carbons (Fsp3) is 0.200. The van der Waals surface area contributed by atoms with Gasteiger partial charge in [-0.05, 0) is 42.7 Å². The molecule has 5 nitrogen and oxygen atoms in total. The largest absolute Gasteiger partial charge is 0.508 e. The predicted octanol–water partition coefficient (Wildman–Crippen LogP) is 3.26. The number of anilines is 1. The van der Waals surface area contributed by atoms with Crippen molar-refractivity contribution in [1.29, 1.82) is 0 Å². The molecule has 0 unspecified atom stereocenters. The maximum Gasteiger partial charge on any atom is 0.292 e. The first-order valence-electron chi connectivity index (χ1n) is 6.33. The molecule has 0 radical (unpaired) electrons. The van der Waals surface area contributed by atoms with Crippen LogP contribution >= 0.6 is 0 Å². The zero-order valence-electron chi connectivity index (χ0n) is 11.2. The third kappa shape index (κ3) is 3.47. The standard InChI is InChI=1S/C15H16N2O3/c1-11-2-7-15(17(19)20)14(10-11)16-9-8-12-3-5-13(18)6-4-12/h2-7,10,16,18H,8-9H2,1H3. The first-order valence-corrected chi connectivity index (χ1v) is 6.33. The van der Waals surface area contributed by atoms with Gasteiger partial charge in [-0.2, -0.15) is 0 Å². The van der Waals surface area contributed by atoms with Crippen molar-refractivity contribution in [2.24, 2.45) is 0 Å². The third-order valence-corrected chi connectivity index (χ3v) is 3.01. The molecule has 0 amide bonds. The molecule has 0 aliphatic carbocycles. The van der Waals surface area contributed by atoms with Gasteiger partial charge in [-0.15, -0.1) is 0 Å². The second kappa shape index (κ2) is 6.06. The minimum atomic E-state index is -0.387. The fourth-order valence-electron chi connectivity index (χ4n) is 1.95. The normalized spacial score (nSPS) is 10.2. The van der Waals surface area contributed by atoms with E-state index in [0.717, 1.165) is 17.5 Å². The number of aromatic hydroxyl groups is 1. The summed E-state index contributed by atoms with van der Waals surface area (Å²) in [6, 6.07) is 11.9. The van der Waals surface area contributed by atoms with Crippen molar-refractivity contribution in [2.45, 2.75) is 13.3 Å². The lowest BCUT2D eigenvalue weighted by Crippen LogP contribution is -2.07. The molecule has 2 rings (SSSR count). The number of nitrogens with zero attached hydrogens (tertiary/aromatic N) is 1. The van der Waals surface area contributed by atoms with Crippen molar-refractivity contribution >= 4 is 11.4 Å². The summed E-state index contributed by atoms with van der Waals surface area (Å²) in [6.45, 7) is 2.49. The number of hydrogen-bond donors (Lipinski definition) is 2. The van der Waals surface area contributed by atoms with Crippen LogP contribution in [0.5, 0.6) is 5.75 Å². The second-order valence-electron chi connectivity index (χ2n) is 4.62. The van der Waals surface area contributed by atoms with Gasteiger partial charge in [0.25, 0.3) is 5.69 Å². The van der Waals surface area contributed by atoms with Crippen molar-refractivity contribution in [2.75, 3.05) is 11.9 Å². The summed E-state index contributed by atoms with van der Waals surface area (Å²) in [7, 11) is 0. The van der Waals surface area contributed by atoms with Gasteiger partial charge < -0.3 is 10.4 Å². The first-order chi connectivity index (χ1) is 9.56. The van der Waals surface area contributed by atoms with Crippen LogP contribution in [0, 0.1) is 17.0 Å². The molecule has 20 heavy (non-hydrogen) atoms. The molecule has 104 valence electrons. The number of phenols is 1. The van der Waals surface area contributed by atoms with Gasteiger partial charge in [-0.25, -0.2) is 0 Å². The van der Waals surface area contributed by atoms with Crippen LogP contribution in [0.15, 0.2) is 42.5 Å². The molecular formula is C15H16N2O3. The van der Waals surface area contributed by atoms with Crippen LogP contribution in [0.1, 0.15) is 11.1 Å². The van der Waals surface area contributed by atoms with Crippen LogP contribution < -0.4 is 5.32 Å². The number of phenolic OH excluding ortho intramolecular Hbond substituents is 1. The Morgan fingerprint density at radius 1 is 1.20 bits per heavy atom. The smallest absolute Gasteiger partial charge is 0.292 e. The number of nitro groups is 1. The quantitative estimate of drug-likeness (QED) is 0.647. The van der Waals surface area contributed by atoms with E-state index in [1.165, 1.54) is 6.07 Å². The number of rotatable bonds is 5.